The topological polar surface area (TPSA) is 96.4 Å². The van der Waals surface area contributed by atoms with Crippen LogP contribution in [0.15, 0.2) is 45.3 Å². The van der Waals surface area contributed by atoms with E-state index < -0.39 is 5.91 Å². The van der Waals surface area contributed by atoms with Gasteiger partial charge in [0.2, 0.25) is 5.91 Å². The fourth-order valence-corrected chi connectivity index (χ4v) is 2.89. The van der Waals surface area contributed by atoms with Crippen molar-refractivity contribution in [2.75, 3.05) is 7.11 Å². The second-order valence-corrected chi connectivity index (χ2v) is 6.23. The number of phenolic OH excluding ortho intramolecular Hbond substituents is 1. The van der Waals surface area contributed by atoms with E-state index >= 15 is 0 Å². The number of carbonyl (C=O) groups excluding carboxylic acids is 1. The fraction of sp³-hybridized carbons (Fsp3) is 0.125. The van der Waals surface area contributed by atoms with Crippen molar-refractivity contribution >= 4 is 44.0 Å². The van der Waals surface area contributed by atoms with Crippen molar-refractivity contribution < 1.29 is 14.6 Å². The van der Waals surface area contributed by atoms with E-state index in [9.17, 15) is 9.90 Å². The van der Waals surface area contributed by atoms with Gasteiger partial charge in [0.1, 0.15) is 5.75 Å². The van der Waals surface area contributed by atoms with Crippen LogP contribution in [0.3, 0.4) is 0 Å². The van der Waals surface area contributed by atoms with Crippen LogP contribution in [0.1, 0.15) is 21.5 Å². The molecule has 0 saturated heterocycles. The number of methoxy groups -OCH3 is 1. The van der Waals surface area contributed by atoms with Gasteiger partial charge in [0.25, 0.3) is 0 Å². The quantitative estimate of drug-likeness (QED) is 0.626. The van der Waals surface area contributed by atoms with E-state index in [2.05, 4.69) is 31.9 Å². The summed E-state index contributed by atoms with van der Waals surface area (Å²) in [6.07, 6.45) is 1.10. The highest BCUT2D eigenvalue weighted by Gasteiger charge is 2.03. The van der Waals surface area contributed by atoms with Gasteiger partial charge in [-0.2, -0.15) is 0 Å². The van der Waals surface area contributed by atoms with E-state index in [1.807, 2.05) is 12.1 Å². The second kappa shape index (κ2) is 9.44. The van der Waals surface area contributed by atoms with Gasteiger partial charge in [-0.1, -0.05) is 28.1 Å². The zero-order chi connectivity index (χ0) is 17.4. The molecule has 1 amide bonds. The number of carbonyl (C=O) groups is 1. The minimum atomic E-state index is -0.404. The SMILES string of the molecule is COCc1ccc(C(N)=O)cc1.N=Cc1cc(Br)cc(Br)c1O. The van der Waals surface area contributed by atoms with Gasteiger partial charge < -0.3 is 21.0 Å². The Morgan fingerprint density at radius 3 is 2.39 bits per heavy atom. The fourth-order valence-electron chi connectivity index (χ4n) is 1.63. The number of phenols is 1. The number of primary amides is 1. The standard InChI is InChI=1S/C9H11NO2.C7H5Br2NO/c1-12-6-7-2-4-8(5-3-7)9(10)11;8-5-1-4(3-10)7(11)6(9)2-5/h2-5H,6H2,1H3,(H2,10,11);1-3,10-11H. The van der Waals surface area contributed by atoms with Crippen LogP contribution in [0.2, 0.25) is 0 Å². The van der Waals surface area contributed by atoms with Crippen LogP contribution in [-0.2, 0) is 11.3 Å². The molecule has 122 valence electrons. The lowest BCUT2D eigenvalue weighted by Crippen LogP contribution is -2.10. The van der Waals surface area contributed by atoms with Gasteiger partial charge >= 0.3 is 0 Å². The third kappa shape index (κ3) is 6.13. The molecule has 2 aromatic rings. The first-order valence-electron chi connectivity index (χ1n) is 6.45. The number of nitrogens with two attached hydrogens (primary N) is 1. The number of ether oxygens (including phenoxy) is 1. The van der Waals surface area contributed by atoms with E-state index in [4.69, 9.17) is 15.9 Å². The molecule has 4 N–H and O–H groups in total. The normalized spacial score (nSPS) is 9.70. The summed E-state index contributed by atoms with van der Waals surface area (Å²) in [5.41, 5.74) is 7.11. The number of benzene rings is 2. The number of halogens is 2. The van der Waals surface area contributed by atoms with Crippen LogP contribution >= 0.6 is 31.9 Å². The maximum absolute atomic E-state index is 10.7. The van der Waals surface area contributed by atoms with Gasteiger partial charge in [-0.05, 0) is 45.8 Å². The summed E-state index contributed by atoms with van der Waals surface area (Å²) in [7, 11) is 1.63. The number of hydrogen-bond acceptors (Lipinski definition) is 4. The van der Waals surface area contributed by atoms with Crippen molar-refractivity contribution in [1.29, 1.82) is 5.41 Å². The predicted molar refractivity (Wildman–Crippen MR) is 97.1 cm³/mol. The predicted octanol–water partition coefficient (Wildman–Crippen LogP) is 3.85. The number of nitrogens with one attached hydrogen (secondary N) is 1. The van der Waals surface area contributed by atoms with E-state index in [0.717, 1.165) is 16.3 Å². The highest BCUT2D eigenvalue weighted by Crippen LogP contribution is 2.30. The first kappa shape index (κ1) is 19.3. The van der Waals surface area contributed by atoms with Gasteiger partial charge in [0.05, 0.1) is 11.1 Å². The first-order valence-corrected chi connectivity index (χ1v) is 8.03. The lowest BCUT2D eigenvalue weighted by atomic mass is 10.1. The minimum absolute atomic E-state index is 0.100. The molecule has 0 spiro atoms. The van der Waals surface area contributed by atoms with E-state index in [-0.39, 0.29) is 5.75 Å². The van der Waals surface area contributed by atoms with Crippen LogP contribution in [-0.4, -0.2) is 24.3 Å². The summed E-state index contributed by atoms with van der Waals surface area (Å²) < 4.78 is 6.33. The van der Waals surface area contributed by atoms with Crippen molar-refractivity contribution in [1.82, 2.24) is 0 Å². The zero-order valence-electron chi connectivity index (χ0n) is 12.3. The van der Waals surface area contributed by atoms with Crippen molar-refractivity contribution in [2.45, 2.75) is 6.61 Å². The molecule has 0 radical (unpaired) electrons. The average molecular weight is 444 g/mol. The molecule has 2 aromatic carbocycles. The second-order valence-electron chi connectivity index (χ2n) is 4.46. The maximum atomic E-state index is 10.7. The van der Waals surface area contributed by atoms with E-state index in [1.165, 1.54) is 0 Å². The molecular formula is C16H16Br2N2O3. The molecule has 2 rings (SSSR count). The molecule has 5 nitrogen and oxygen atoms in total. The summed E-state index contributed by atoms with van der Waals surface area (Å²) >= 11 is 6.40. The lowest BCUT2D eigenvalue weighted by Gasteiger charge is -2.01. The molecule has 0 aliphatic carbocycles. The molecule has 0 fully saturated rings. The molecule has 0 saturated carbocycles. The van der Waals surface area contributed by atoms with Crippen molar-refractivity contribution in [3.05, 3.63) is 62.0 Å². The Balaban J connectivity index is 0.000000231. The smallest absolute Gasteiger partial charge is 0.248 e. The van der Waals surface area contributed by atoms with Crippen LogP contribution in [0.5, 0.6) is 5.75 Å². The summed E-state index contributed by atoms with van der Waals surface area (Å²) in [6.45, 7) is 0.555. The largest absolute Gasteiger partial charge is 0.506 e. The Morgan fingerprint density at radius 2 is 1.91 bits per heavy atom. The van der Waals surface area contributed by atoms with Gasteiger partial charge in [-0.3, -0.25) is 4.79 Å². The Hall–Kier alpha value is -1.70. The molecule has 0 aliphatic rings. The highest BCUT2D eigenvalue weighted by atomic mass is 79.9. The summed E-state index contributed by atoms with van der Waals surface area (Å²) in [5.74, 6) is -0.304. The van der Waals surface area contributed by atoms with Crippen LogP contribution in [0.25, 0.3) is 0 Å². The summed E-state index contributed by atoms with van der Waals surface area (Å²) in [4.78, 5) is 10.7. The molecule has 0 unspecified atom stereocenters. The average Bonchev–Trinajstić information content (AvgIpc) is 2.52. The zero-order valence-corrected chi connectivity index (χ0v) is 15.5. The first-order chi connectivity index (χ1) is 10.9. The summed E-state index contributed by atoms with van der Waals surface area (Å²) in [6, 6.07) is 10.4. The Bertz CT molecular complexity index is 688. The lowest BCUT2D eigenvalue weighted by molar-refractivity contribution is 0.1000. The van der Waals surface area contributed by atoms with Crippen molar-refractivity contribution in [3.8, 4) is 5.75 Å². The van der Waals surface area contributed by atoms with Crippen molar-refractivity contribution in [3.63, 3.8) is 0 Å². The van der Waals surface area contributed by atoms with Gasteiger partial charge in [0.15, 0.2) is 0 Å². The number of amides is 1. The Labute approximate surface area is 151 Å². The van der Waals surface area contributed by atoms with E-state index in [1.54, 1.807) is 31.4 Å². The minimum Gasteiger partial charge on any atom is -0.506 e. The molecule has 7 heteroatoms. The van der Waals surface area contributed by atoms with Gasteiger partial charge in [0, 0.05) is 28.9 Å². The molecular weight excluding hydrogens is 428 g/mol. The number of aromatic hydroxyl groups is 1. The number of rotatable bonds is 4. The van der Waals surface area contributed by atoms with Gasteiger partial charge in [-0.15, -0.1) is 0 Å². The molecule has 0 aliphatic heterocycles. The van der Waals surface area contributed by atoms with E-state index in [0.29, 0.717) is 22.2 Å². The van der Waals surface area contributed by atoms with Gasteiger partial charge in [-0.25, -0.2) is 0 Å². The Morgan fingerprint density at radius 1 is 1.30 bits per heavy atom. The molecule has 0 bridgehead atoms. The third-order valence-electron chi connectivity index (χ3n) is 2.76. The van der Waals surface area contributed by atoms with Crippen molar-refractivity contribution in [2.24, 2.45) is 5.73 Å². The third-order valence-corrected chi connectivity index (χ3v) is 3.82. The summed E-state index contributed by atoms with van der Waals surface area (Å²) in [5, 5.41) is 16.3. The monoisotopic (exact) mass is 442 g/mol. The van der Waals surface area contributed by atoms with Crippen LogP contribution in [0, 0.1) is 5.41 Å². The molecule has 0 atom stereocenters. The number of hydrogen-bond donors (Lipinski definition) is 3. The maximum Gasteiger partial charge on any atom is 0.248 e. The molecule has 23 heavy (non-hydrogen) atoms. The highest BCUT2D eigenvalue weighted by molar-refractivity contribution is 9.11. The van der Waals surface area contributed by atoms with Crippen LogP contribution < -0.4 is 5.73 Å². The van der Waals surface area contributed by atoms with Crippen LogP contribution in [0.4, 0.5) is 0 Å². The Kier molecular flexibility index (Phi) is 7.94. The molecule has 0 aromatic heterocycles. The molecule has 0 heterocycles.